The molecule has 2 aliphatic rings. The van der Waals surface area contributed by atoms with Gasteiger partial charge in [0.1, 0.15) is 0 Å². The summed E-state index contributed by atoms with van der Waals surface area (Å²) < 4.78 is 1.15. The van der Waals surface area contributed by atoms with E-state index in [1.54, 1.807) is 0 Å². The summed E-state index contributed by atoms with van der Waals surface area (Å²) in [4.78, 5) is 2.39. The first kappa shape index (κ1) is 64.0. The lowest BCUT2D eigenvalue weighted by atomic mass is 9.81. The van der Waals surface area contributed by atoms with E-state index in [-0.39, 0.29) is 10.8 Å². The van der Waals surface area contributed by atoms with Crippen LogP contribution in [0.25, 0.3) is 111 Å². The average Bonchev–Trinajstić information content (AvgIpc) is 1.58. The van der Waals surface area contributed by atoms with Gasteiger partial charge in [-0.25, -0.2) is 0 Å². The van der Waals surface area contributed by atoms with Gasteiger partial charge in [0.2, 0.25) is 0 Å². The lowest BCUT2D eigenvalue weighted by Crippen LogP contribution is -2.16. The minimum atomic E-state index is -0.159. The smallest absolute Gasteiger partial charge is 0.0465 e. The van der Waals surface area contributed by atoms with Crippen LogP contribution in [0.5, 0.6) is 0 Å². The molecule has 0 heterocycles. The molecular weight excluding hydrogens is 1280 g/mol. The molecule has 16 aromatic rings. The molecule has 0 fully saturated rings. The maximum absolute atomic E-state index is 3.64. The van der Waals surface area contributed by atoms with E-state index in [4.69, 9.17) is 0 Å². The summed E-state index contributed by atoms with van der Waals surface area (Å²) in [6, 6.07) is 136. The molecule has 16 aromatic carbocycles. The summed E-state index contributed by atoms with van der Waals surface area (Å²) in [7, 11) is 0. The van der Waals surface area contributed by atoms with E-state index in [0.29, 0.717) is 0 Å². The maximum atomic E-state index is 3.64. The summed E-state index contributed by atoms with van der Waals surface area (Å²) >= 11 is 3.64. The molecule has 0 atom stereocenters. The third kappa shape index (κ3) is 13.1. The van der Waals surface area contributed by atoms with Crippen LogP contribution >= 0.6 is 15.9 Å². The van der Waals surface area contributed by atoms with E-state index in [2.05, 4.69) is 425 Å². The Labute approximate surface area is 603 Å². The highest BCUT2D eigenvalue weighted by atomic mass is 79.9. The van der Waals surface area contributed by atoms with Crippen molar-refractivity contribution in [1.82, 2.24) is 0 Å². The molecule has 0 spiro atoms. The molecule has 0 radical (unpaired) electrons. The highest BCUT2D eigenvalue weighted by Crippen LogP contribution is 2.53. The first-order valence-corrected chi connectivity index (χ1v) is 35.9. The number of anilines is 3. The van der Waals surface area contributed by atoms with Gasteiger partial charge in [-0.05, 0) is 223 Å². The van der Waals surface area contributed by atoms with Crippen molar-refractivity contribution >= 4 is 54.5 Å². The summed E-state index contributed by atoms with van der Waals surface area (Å²) in [6.45, 7) is 9.40. The summed E-state index contributed by atoms with van der Waals surface area (Å²) in [6.07, 6.45) is 0.962. The molecule has 0 unspecified atom stereocenters. The van der Waals surface area contributed by atoms with Gasteiger partial charge < -0.3 is 4.90 Å². The van der Waals surface area contributed by atoms with Crippen LogP contribution in [0.4, 0.5) is 17.1 Å². The standard InChI is InChI=1S/C49H37N.C25H19Br.C25H20/c1-49(2)47-32-41(40-18-17-36-15-9-10-16-39(36)31-40)23-29-45(47)46-30-28-44(33-48(46)49)50(42-24-19-37(20-25-42)34-11-5-3-6-12-34)43-26-21-38(22-27-43)35-13-7-4-8-14-35;1-25(2)23-14-19(18-8-7-16-5-3-4-6-17(16)13-18)9-11-21(23)22-12-10-20(26)15-24(22)25;1-3-7-22(8-4-1)24-15-11-20(12-16-24)19-21-13-17-25(18-14-21)23-9-5-2-6-10-23/h3-33H,1-2H3;3-15H,1-2H3;1-18H,19H2. The zero-order valence-corrected chi connectivity index (χ0v) is 58.9. The van der Waals surface area contributed by atoms with Gasteiger partial charge in [-0.3, -0.25) is 0 Å². The molecule has 0 aromatic heterocycles. The largest absolute Gasteiger partial charge is 0.310 e. The summed E-state index contributed by atoms with van der Waals surface area (Å²) in [5, 5.41) is 5.12. The van der Waals surface area contributed by atoms with Crippen molar-refractivity contribution in [3.05, 3.63) is 414 Å². The molecule has 0 amide bonds. The third-order valence-electron chi connectivity index (χ3n) is 20.7. The van der Waals surface area contributed by atoms with E-state index in [9.17, 15) is 0 Å². The van der Waals surface area contributed by atoms with Crippen LogP contribution < -0.4 is 4.90 Å². The van der Waals surface area contributed by atoms with Crippen LogP contribution in [0.1, 0.15) is 61.1 Å². The summed E-state index contributed by atoms with van der Waals surface area (Å²) in [5.74, 6) is 0. The van der Waals surface area contributed by atoms with Gasteiger partial charge in [-0.15, -0.1) is 0 Å². The number of fused-ring (bicyclic) bond motifs is 8. The van der Waals surface area contributed by atoms with E-state index in [0.717, 1.165) is 28.0 Å². The van der Waals surface area contributed by atoms with Crippen molar-refractivity contribution in [1.29, 1.82) is 0 Å². The number of nitrogens with zero attached hydrogens (tertiary/aromatic N) is 1. The molecule has 2 heteroatoms. The Balaban J connectivity index is 0.000000130. The quantitative estimate of drug-likeness (QED) is 0.125. The second-order valence-electron chi connectivity index (χ2n) is 27.8. The fraction of sp³-hybridized carbons (Fsp3) is 0.0707. The highest BCUT2D eigenvalue weighted by molar-refractivity contribution is 9.10. The molecular formula is C99H76BrN. The Kier molecular flexibility index (Phi) is 17.5. The highest BCUT2D eigenvalue weighted by Gasteiger charge is 2.38. The SMILES string of the molecule is CC1(C)c2cc(-c3ccc4ccccc4c3)ccc2-c2ccc(N(c3ccc(-c4ccccc4)cc3)c3ccc(-c4ccccc4)cc3)cc21.CC1(C)c2cc(Br)ccc2-c2ccc(-c3ccc4ccccc4c3)cc21.c1ccc(-c2ccc(Cc3ccc(-c4ccccc4)cc3)cc2)cc1. The lowest BCUT2D eigenvalue weighted by molar-refractivity contribution is 0.660. The van der Waals surface area contributed by atoms with Crippen LogP contribution in [-0.4, -0.2) is 0 Å². The minimum Gasteiger partial charge on any atom is -0.310 e. The summed E-state index contributed by atoms with van der Waals surface area (Å²) in [5.41, 5.74) is 31.9. The van der Waals surface area contributed by atoms with Crippen LogP contribution in [0.2, 0.25) is 0 Å². The van der Waals surface area contributed by atoms with Gasteiger partial charge >= 0.3 is 0 Å². The Morgan fingerprint density at radius 1 is 0.218 bits per heavy atom. The third-order valence-corrected chi connectivity index (χ3v) is 21.2. The van der Waals surface area contributed by atoms with Gasteiger partial charge in [-0.2, -0.15) is 0 Å². The van der Waals surface area contributed by atoms with Crippen molar-refractivity contribution in [2.24, 2.45) is 0 Å². The zero-order chi connectivity index (χ0) is 68.4. The van der Waals surface area contributed by atoms with Crippen molar-refractivity contribution in [3.63, 3.8) is 0 Å². The van der Waals surface area contributed by atoms with Crippen molar-refractivity contribution < 1.29 is 0 Å². The topological polar surface area (TPSA) is 3.24 Å². The van der Waals surface area contributed by atoms with Gasteiger partial charge in [0.15, 0.2) is 0 Å². The first-order chi connectivity index (χ1) is 49.4. The van der Waals surface area contributed by atoms with Crippen molar-refractivity contribution in [3.8, 4) is 89.0 Å². The van der Waals surface area contributed by atoms with Gasteiger partial charge in [-0.1, -0.05) is 347 Å². The Hall–Kier alpha value is -11.7. The van der Waals surface area contributed by atoms with Crippen LogP contribution in [0.15, 0.2) is 381 Å². The number of hydrogen-bond donors (Lipinski definition) is 0. The first-order valence-electron chi connectivity index (χ1n) is 35.1. The molecule has 101 heavy (non-hydrogen) atoms. The van der Waals surface area contributed by atoms with E-state index in [1.807, 2.05) is 0 Å². The Morgan fingerprint density at radius 2 is 0.485 bits per heavy atom. The molecule has 0 saturated carbocycles. The Morgan fingerprint density at radius 3 is 0.871 bits per heavy atom. The lowest BCUT2D eigenvalue weighted by Gasteiger charge is -2.28. The molecule has 0 N–H and O–H groups in total. The van der Waals surface area contributed by atoms with E-state index < -0.39 is 0 Å². The van der Waals surface area contributed by atoms with Crippen molar-refractivity contribution in [2.45, 2.75) is 44.9 Å². The molecule has 0 bridgehead atoms. The van der Waals surface area contributed by atoms with Crippen molar-refractivity contribution in [2.75, 3.05) is 4.90 Å². The molecule has 2 aliphatic carbocycles. The van der Waals surface area contributed by atoms with Crippen LogP contribution in [0, 0.1) is 0 Å². The minimum absolute atomic E-state index is 0.0152. The molecule has 18 rings (SSSR count). The Bertz CT molecular complexity index is 5460. The number of halogens is 1. The van der Waals surface area contributed by atoms with Gasteiger partial charge in [0.05, 0.1) is 0 Å². The van der Waals surface area contributed by atoms with Gasteiger partial charge in [0, 0.05) is 32.4 Å². The normalized spacial score (nSPS) is 12.6. The number of benzene rings is 16. The fourth-order valence-corrected chi connectivity index (χ4v) is 15.5. The average molecular weight is 1360 g/mol. The number of hydrogen-bond acceptors (Lipinski definition) is 1. The predicted molar refractivity (Wildman–Crippen MR) is 434 cm³/mol. The fourth-order valence-electron chi connectivity index (χ4n) is 15.1. The molecule has 0 saturated heterocycles. The van der Waals surface area contributed by atoms with E-state index >= 15 is 0 Å². The second kappa shape index (κ2) is 27.6. The van der Waals surface area contributed by atoms with Crippen LogP contribution in [0.3, 0.4) is 0 Å². The molecule has 484 valence electrons. The van der Waals surface area contributed by atoms with Crippen LogP contribution in [-0.2, 0) is 17.3 Å². The predicted octanol–water partition coefficient (Wildman–Crippen LogP) is 27.8. The van der Waals surface area contributed by atoms with E-state index in [1.165, 1.54) is 144 Å². The maximum Gasteiger partial charge on any atom is 0.0465 e. The van der Waals surface area contributed by atoms with Gasteiger partial charge in [0.25, 0.3) is 0 Å². The molecule has 0 aliphatic heterocycles. The molecule has 1 nitrogen and oxygen atoms in total. The monoisotopic (exact) mass is 1360 g/mol. The number of rotatable bonds is 11. The second-order valence-corrected chi connectivity index (χ2v) is 28.7. The zero-order valence-electron chi connectivity index (χ0n) is 57.3.